The van der Waals surface area contributed by atoms with E-state index in [2.05, 4.69) is 33.0 Å². The highest BCUT2D eigenvalue weighted by Crippen LogP contribution is 2.26. The quantitative estimate of drug-likeness (QED) is 0.507. The number of aryl methyl sites for hydroxylation is 1. The molecule has 0 atom stereocenters. The Morgan fingerprint density at radius 3 is 2.33 bits per heavy atom. The summed E-state index contributed by atoms with van der Waals surface area (Å²) in [6, 6.07) is 19.1. The van der Waals surface area contributed by atoms with E-state index in [-0.39, 0.29) is 23.8 Å². The molecule has 174 valence electrons. The number of carbonyl (C=O) groups excluding carboxylic acids is 2. The molecule has 0 bridgehead atoms. The van der Waals surface area contributed by atoms with Crippen LogP contribution < -0.4 is 5.32 Å². The monoisotopic (exact) mass is 446 g/mol. The molecule has 0 saturated carbocycles. The van der Waals surface area contributed by atoms with Gasteiger partial charge in [0.1, 0.15) is 12.4 Å². The maximum absolute atomic E-state index is 13.2. The lowest BCUT2D eigenvalue weighted by Gasteiger charge is -2.23. The number of unbranched alkanes of at least 4 members (excludes halogenated alkanes) is 1. The van der Waals surface area contributed by atoms with Gasteiger partial charge in [-0.25, -0.2) is 4.68 Å². The van der Waals surface area contributed by atoms with Crippen molar-refractivity contribution in [1.82, 2.24) is 14.7 Å². The van der Waals surface area contributed by atoms with E-state index in [1.165, 1.54) is 0 Å². The molecule has 1 aromatic heterocycles. The predicted molar refractivity (Wildman–Crippen MR) is 133 cm³/mol. The molecule has 0 aliphatic carbocycles. The fourth-order valence-corrected chi connectivity index (χ4v) is 3.54. The van der Waals surface area contributed by atoms with E-state index < -0.39 is 0 Å². The van der Waals surface area contributed by atoms with Gasteiger partial charge in [0.05, 0.1) is 11.4 Å². The summed E-state index contributed by atoms with van der Waals surface area (Å²) >= 11 is 0. The number of nitrogens with zero attached hydrogens (tertiary/aromatic N) is 3. The van der Waals surface area contributed by atoms with Crippen molar-refractivity contribution in [2.75, 3.05) is 18.4 Å². The average molecular weight is 447 g/mol. The molecular weight excluding hydrogens is 412 g/mol. The Labute approximate surface area is 196 Å². The molecule has 33 heavy (non-hydrogen) atoms. The molecule has 3 rings (SSSR count). The standard InChI is InChI=1S/C27H34N4O2/c1-6-7-17-30(26(33)22-16-12-11-13-20(22)2)19-25(32)28-24-18-23(27(3,4)5)29-31(24)21-14-9-8-10-15-21/h8-16,18H,6-7,17,19H2,1-5H3,(H,28,32). The number of hydrogen-bond donors (Lipinski definition) is 1. The summed E-state index contributed by atoms with van der Waals surface area (Å²) in [5.74, 6) is 0.226. The number of aromatic nitrogens is 2. The highest BCUT2D eigenvalue weighted by Gasteiger charge is 2.23. The van der Waals surface area contributed by atoms with Gasteiger partial charge >= 0.3 is 0 Å². The summed E-state index contributed by atoms with van der Waals surface area (Å²) < 4.78 is 1.75. The highest BCUT2D eigenvalue weighted by molar-refractivity contribution is 6.00. The lowest BCUT2D eigenvalue weighted by atomic mass is 9.92. The Hall–Kier alpha value is -3.41. The lowest BCUT2D eigenvalue weighted by Crippen LogP contribution is -2.39. The molecule has 2 amide bonds. The number of benzene rings is 2. The first-order valence-corrected chi connectivity index (χ1v) is 11.5. The normalized spacial score (nSPS) is 11.3. The molecular formula is C27H34N4O2. The van der Waals surface area contributed by atoms with Crippen molar-refractivity contribution in [3.63, 3.8) is 0 Å². The molecule has 3 aromatic rings. The number of amides is 2. The fraction of sp³-hybridized carbons (Fsp3) is 0.370. The van der Waals surface area contributed by atoms with Gasteiger partial charge in [-0.15, -0.1) is 0 Å². The fourth-order valence-electron chi connectivity index (χ4n) is 3.54. The molecule has 0 radical (unpaired) electrons. The number of carbonyl (C=O) groups is 2. The highest BCUT2D eigenvalue weighted by atomic mass is 16.2. The number of anilines is 1. The third kappa shape index (κ3) is 6.09. The van der Waals surface area contributed by atoms with Crippen LogP contribution in [0.25, 0.3) is 5.69 Å². The third-order valence-electron chi connectivity index (χ3n) is 5.52. The summed E-state index contributed by atoms with van der Waals surface area (Å²) in [4.78, 5) is 27.9. The summed E-state index contributed by atoms with van der Waals surface area (Å²) in [5, 5.41) is 7.75. The van der Waals surface area contributed by atoms with Gasteiger partial charge in [0, 0.05) is 23.6 Å². The molecule has 0 fully saturated rings. The van der Waals surface area contributed by atoms with Crippen LogP contribution in [0.5, 0.6) is 0 Å². The van der Waals surface area contributed by atoms with Crippen molar-refractivity contribution in [2.24, 2.45) is 0 Å². The molecule has 0 aliphatic rings. The Bertz CT molecular complexity index is 1100. The van der Waals surface area contributed by atoms with Gasteiger partial charge in [0.15, 0.2) is 0 Å². The summed E-state index contributed by atoms with van der Waals surface area (Å²) in [5.41, 5.74) is 3.10. The lowest BCUT2D eigenvalue weighted by molar-refractivity contribution is -0.117. The largest absolute Gasteiger partial charge is 0.329 e. The smallest absolute Gasteiger partial charge is 0.254 e. The van der Waals surface area contributed by atoms with Crippen molar-refractivity contribution < 1.29 is 9.59 Å². The number of hydrogen-bond acceptors (Lipinski definition) is 3. The molecule has 0 saturated heterocycles. The number of rotatable bonds is 8. The Kier molecular flexibility index (Phi) is 7.69. The van der Waals surface area contributed by atoms with Gasteiger partial charge in [-0.2, -0.15) is 5.10 Å². The zero-order valence-electron chi connectivity index (χ0n) is 20.3. The Morgan fingerprint density at radius 2 is 1.70 bits per heavy atom. The first-order valence-electron chi connectivity index (χ1n) is 11.5. The Morgan fingerprint density at radius 1 is 1.03 bits per heavy atom. The van der Waals surface area contributed by atoms with Crippen LogP contribution in [0, 0.1) is 6.92 Å². The van der Waals surface area contributed by atoms with E-state index in [0.717, 1.165) is 29.8 Å². The van der Waals surface area contributed by atoms with Gasteiger partial charge in [-0.1, -0.05) is 70.5 Å². The molecule has 0 spiro atoms. The van der Waals surface area contributed by atoms with Crippen LogP contribution in [0.1, 0.15) is 62.2 Å². The maximum Gasteiger partial charge on any atom is 0.254 e. The van der Waals surface area contributed by atoms with Crippen LogP contribution in [0.15, 0.2) is 60.7 Å². The van der Waals surface area contributed by atoms with Crippen molar-refractivity contribution in [3.05, 3.63) is 77.5 Å². The second kappa shape index (κ2) is 10.5. The van der Waals surface area contributed by atoms with Crippen LogP contribution in [0.3, 0.4) is 0 Å². The first kappa shape index (κ1) is 24.2. The van der Waals surface area contributed by atoms with Gasteiger partial charge in [-0.3, -0.25) is 9.59 Å². The minimum atomic E-state index is -0.245. The zero-order valence-corrected chi connectivity index (χ0v) is 20.3. The molecule has 1 heterocycles. The third-order valence-corrected chi connectivity index (χ3v) is 5.52. The molecule has 6 heteroatoms. The van der Waals surface area contributed by atoms with Gasteiger partial charge < -0.3 is 10.2 Å². The van der Waals surface area contributed by atoms with Gasteiger partial charge in [0.25, 0.3) is 5.91 Å². The van der Waals surface area contributed by atoms with Gasteiger partial charge in [0.2, 0.25) is 5.91 Å². The van der Waals surface area contributed by atoms with E-state index in [4.69, 9.17) is 5.10 Å². The van der Waals surface area contributed by atoms with E-state index in [9.17, 15) is 9.59 Å². The molecule has 2 aromatic carbocycles. The molecule has 0 aliphatic heterocycles. The predicted octanol–water partition coefficient (Wildman–Crippen LogP) is 5.36. The van der Waals surface area contributed by atoms with Crippen LogP contribution >= 0.6 is 0 Å². The molecule has 6 nitrogen and oxygen atoms in total. The van der Waals surface area contributed by atoms with Crippen molar-refractivity contribution >= 4 is 17.6 Å². The van der Waals surface area contributed by atoms with Crippen molar-refractivity contribution in [1.29, 1.82) is 0 Å². The van der Waals surface area contributed by atoms with E-state index in [0.29, 0.717) is 17.9 Å². The number of nitrogens with one attached hydrogen (secondary N) is 1. The maximum atomic E-state index is 13.2. The minimum absolute atomic E-state index is 0.0159. The Balaban J connectivity index is 1.85. The van der Waals surface area contributed by atoms with Crippen LogP contribution in [-0.4, -0.2) is 39.6 Å². The van der Waals surface area contributed by atoms with Crippen LogP contribution in [0.4, 0.5) is 5.82 Å². The van der Waals surface area contributed by atoms with E-state index >= 15 is 0 Å². The second-order valence-corrected chi connectivity index (χ2v) is 9.36. The SMILES string of the molecule is CCCCN(CC(=O)Nc1cc(C(C)(C)C)nn1-c1ccccc1)C(=O)c1ccccc1C. The van der Waals surface area contributed by atoms with Crippen molar-refractivity contribution in [2.45, 2.75) is 52.9 Å². The minimum Gasteiger partial charge on any atom is -0.329 e. The summed E-state index contributed by atoms with van der Waals surface area (Å²) in [6.45, 7) is 10.8. The molecule has 1 N–H and O–H groups in total. The summed E-state index contributed by atoms with van der Waals surface area (Å²) in [6.07, 6.45) is 1.77. The average Bonchev–Trinajstić information content (AvgIpc) is 3.21. The topological polar surface area (TPSA) is 67.2 Å². The van der Waals surface area contributed by atoms with Gasteiger partial charge in [-0.05, 0) is 37.1 Å². The molecule has 0 unspecified atom stereocenters. The van der Waals surface area contributed by atoms with E-state index in [1.807, 2.05) is 67.6 Å². The summed E-state index contributed by atoms with van der Waals surface area (Å²) in [7, 11) is 0. The van der Waals surface area contributed by atoms with E-state index in [1.54, 1.807) is 9.58 Å². The van der Waals surface area contributed by atoms with Crippen molar-refractivity contribution in [3.8, 4) is 5.69 Å². The van der Waals surface area contributed by atoms with Crippen LogP contribution in [-0.2, 0) is 10.2 Å². The second-order valence-electron chi connectivity index (χ2n) is 9.36. The zero-order chi connectivity index (χ0) is 24.0. The number of para-hydroxylation sites is 1. The van der Waals surface area contributed by atoms with Crippen LogP contribution in [0.2, 0.25) is 0 Å². The first-order chi connectivity index (χ1) is 15.7.